The summed E-state index contributed by atoms with van der Waals surface area (Å²) in [6.45, 7) is 5.57. The van der Waals surface area contributed by atoms with Crippen molar-refractivity contribution >= 4 is 11.9 Å². The first-order valence-electron chi connectivity index (χ1n) is 8.13. The van der Waals surface area contributed by atoms with Crippen LogP contribution in [0.3, 0.4) is 0 Å². The fraction of sp³-hybridized carbons (Fsp3) is 0.421. The summed E-state index contributed by atoms with van der Waals surface area (Å²) in [5.41, 5.74) is 2.04. The zero-order chi connectivity index (χ0) is 17.2. The Hall–Kier alpha value is -2.11. The second kappa shape index (κ2) is 4.94. The third-order valence-corrected chi connectivity index (χ3v) is 5.20. The van der Waals surface area contributed by atoms with Crippen LogP contribution < -0.4 is 4.74 Å². The number of carbonyl (C=O) groups excluding carboxylic acids is 1. The van der Waals surface area contributed by atoms with Crippen molar-refractivity contribution in [3.8, 4) is 11.5 Å². The molecule has 1 aliphatic heterocycles. The van der Waals surface area contributed by atoms with Gasteiger partial charge in [-0.15, -0.1) is 0 Å². The topological polar surface area (TPSA) is 76.0 Å². The van der Waals surface area contributed by atoms with Gasteiger partial charge in [0.1, 0.15) is 11.5 Å². The number of aliphatic hydroxyl groups excluding tert-OH is 1. The highest BCUT2D eigenvalue weighted by molar-refractivity contribution is 6.04. The van der Waals surface area contributed by atoms with Gasteiger partial charge in [-0.25, -0.2) is 0 Å². The molecule has 24 heavy (non-hydrogen) atoms. The van der Waals surface area contributed by atoms with E-state index in [1.807, 2.05) is 20.8 Å². The highest BCUT2D eigenvalue weighted by atomic mass is 16.7. The molecule has 3 atom stereocenters. The molecule has 0 aromatic heterocycles. The lowest BCUT2D eigenvalue weighted by molar-refractivity contribution is -0.148. The van der Waals surface area contributed by atoms with Gasteiger partial charge in [-0.2, -0.15) is 0 Å². The number of allylic oxidation sites excluding steroid dienone is 1. The molecule has 0 saturated heterocycles. The molecule has 2 N–H and O–H groups in total. The third-order valence-electron chi connectivity index (χ3n) is 5.20. The molecular weight excluding hydrogens is 308 g/mol. The largest absolute Gasteiger partial charge is 0.507 e. The lowest BCUT2D eigenvalue weighted by Gasteiger charge is -2.39. The van der Waals surface area contributed by atoms with E-state index in [2.05, 4.69) is 0 Å². The minimum absolute atomic E-state index is 0.0596. The van der Waals surface area contributed by atoms with Crippen molar-refractivity contribution in [2.45, 2.75) is 38.6 Å². The van der Waals surface area contributed by atoms with Crippen LogP contribution in [0.2, 0.25) is 0 Å². The summed E-state index contributed by atoms with van der Waals surface area (Å²) >= 11 is 0. The molecule has 3 unspecified atom stereocenters. The van der Waals surface area contributed by atoms with E-state index in [0.29, 0.717) is 16.9 Å². The van der Waals surface area contributed by atoms with E-state index >= 15 is 0 Å². The second-order valence-corrected chi connectivity index (χ2v) is 7.05. The van der Waals surface area contributed by atoms with Crippen molar-refractivity contribution < 1.29 is 24.5 Å². The molecule has 5 heteroatoms. The third kappa shape index (κ3) is 1.79. The minimum atomic E-state index is -0.748. The average Bonchev–Trinajstić information content (AvgIpc) is 2.99. The Morgan fingerprint density at radius 2 is 2.08 bits per heavy atom. The first-order valence-corrected chi connectivity index (χ1v) is 8.13. The van der Waals surface area contributed by atoms with Crippen LogP contribution in [0.15, 0.2) is 29.4 Å². The number of rotatable bonds is 3. The second-order valence-electron chi connectivity index (χ2n) is 7.05. The maximum absolute atomic E-state index is 12.7. The number of carbonyl (C=O) groups is 1. The van der Waals surface area contributed by atoms with Gasteiger partial charge in [0.05, 0.1) is 24.0 Å². The van der Waals surface area contributed by atoms with Crippen LogP contribution >= 0.6 is 0 Å². The number of phenols is 1. The summed E-state index contributed by atoms with van der Waals surface area (Å²) < 4.78 is 12.0. The lowest BCUT2D eigenvalue weighted by Crippen LogP contribution is -2.48. The Kier molecular flexibility index (Phi) is 3.18. The van der Waals surface area contributed by atoms with Crippen LogP contribution in [0.4, 0.5) is 0 Å². The molecule has 4 rings (SSSR count). The van der Waals surface area contributed by atoms with Gasteiger partial charge in [0.15, 0.2) is 5.78 Å². The molecule has 126 valence electrons. The normalized spacial score (nSPS) is 30.0. The Morgan fingerprint density at radius 1 is 1.33 bits per heavy atom. The molecule has 0 bridgehead atoms. The summed E-state index contributed by atoms with van der Waals surface area (Å²) in [5, 5.41) is 20.0. The molecule has 2 aliphatic carbocycles. The molecule has 0 spiro atoms. The minimum Gasteiger partial charge on any atom is -0.507 e. The van der Waals surface area contributed by atoms with Crippen molar-refractivity contribution in [2.24, 2.45) is 5.92 Å². The molecular formula is C19H20O5. The van der Waals surface area contributed by atoms with E-state index < -0.39 is 17.6 Å². The van der Waals surface area contributed by atoms with E-state index in [1.54, 1.807) is 18.2 Å². The van der Waals surface area contributed by atoms with Crippen LogP contribution in [0, 0.1) is 5.92 Å². The van der Waals surface area contributed by atoms with Gasteiger partial charge in [-0.1, -0.05) is 0 Å². The molecule has 3 aliphatic rings. The van der Waals surface area contributed by atoms with Gasteiger partial charge in [0.25, 0.3) is 0 Å². The predicted molar refractivity (Wildman–Crippen MR) is 87.7 cm³/mol. The Bertz CT molecular complexity index is 804. The molecule has 0 fully saturated rings. The molecule has 1 aromatic carbocycles. The SMILES string of the molecule is CC(C)OC1Oc2ccc(O)c3c2C1(C)C1C(=O)C=C(CO)C1=C3. The quantitative estimate of drug-likeness (QED) is 0.890. The maximum Gasteiger partial charge on any atom is 0.210 e. The summed E-state index contributed by atoms with van der Waals surface area (Å²) in [7, 11) is 0. The molecule has 5 nitrogen and oxygen atoms in total. The van der Waals surface area contributed by atoms with Crippen molar-refractivity contribution in [3.05, 3.63) is 40.5 Å². The Labute approximate surface area is 140 Å². The van der Waals surface area contributed by atoms with Gasteiger partial charge in [-0.3, -0.25) is 4.79 Å². The monoisotopic (exact) mass is 328 g/mol. The fourth-order valence-corrected chi connectivity index (χ4v) is 4.20. The van der Waals surface area contributed by atoms with Crippen LogP contribution in [0.25, 0.3) is 6.08 Å². The molecule has 1 aromatic rings. The number of aliphatic hydroxyl groups is 1. The number of hydrogen-bond donors (Lipinski definition) is 2. The Balaban J connectivity index is 1.97. The van der Waals surface area contributed by atoms with E-state index in [-0.39, 0.29) is 24.2 Å². The number of benzene rings is 1. The van der Waals surface area contributed by atoms with Gasteiger partial charge in [0, 0.05) is 11.1 Å². The van der Waals surface area contributed by atoms with Crippen molar-refractivity contribution in [3.63, 3.8) is 0 Å². The van der Waals surface area contributed by atoms with Crippen molar-refractivity contribution in [1.29, 1.82) is 0 Å². The average molecular weight is 328 g/mol. The smallest absolute Gasteiger partial charge is 0.210 e. The van der Waals surface area contributed by atoms with Crippen LogP contribution in [0.5, 0.6) is 11.5 Å². The van der Waals surface area contributed by atoms with Gasteiger partial charge in [-0.05, 0) is 56.2 Å². The van der Waals surface area contributed by atoms with Crippen molar-refractivity contribution in [2.75, 3.05) is 6.61 Å². The molecule has 1 heterocycles. The zero-order valence-corrected chi connectivity index (χ0v) is 13.9. The van der Waals surface area contributed by atoms with Crippen LogP contribution in [0.1, 0.15) is 31.9 Å². The first-order chi connectivity index (χ1) is 11.4. The zero-order valence-electron chi connectivity index (χ0n) is 13.9. The van der Waals surface area contributed by atoms with E-state index in [4.69, 9.17) is 9.47 Å². The number of fused-ring (bicyclic) bond motifs is 2. The molecule has 0 radical (unpaired) electrons. The number of aromatic hydroxyl groups is 1. The van der Waals surface area contributed by atoms with Gasteiger partial charge < -0.3 is 19.7 Å². The van der Waals surface area contributed by atoms with E-state index in [0.717, 1.165) is 11.1 Å². The van der Waals surface area contributed by atoms with E-state index in [1.165, 1.54) is 6.08 Å². The highest BCUT2D eigenvalue weighted by Crippen LogP contribution is 2.59. The number of hydrogen-bond acceptors (Lipinski definition) is 5. The highest BCUT2D eigenvalue weighted by Gasteiger charge is 2.59. The number of ketones is 1. The Morgan fingerprint density at radius 3 is 2.75 bits per heavy atom. The van der Waals surface area contributed by atoms with Crippen molar-refractivity contribution in [1.82, 2.24) is 0 Å². The fourth-order valence-electron chi connectivity index (χ4n) is 4.20. The first kappa shape index (κ1) is 15.4. The van der Waals surface area contributed by atoms with E-state index in [9.17, 15) is 15.0 Å². The van der Waals surface area contributed by atoms with Gasteiger partial charge >= 0.3 is 0 Å². The summed E-state index contributed by atoms with van der Waals surface area (Å²) in [6.07, 6.45) is 2.59. The van der Waals surface area contributed by atoms with Crippen LogP contribution in [-0.2, 0) is 14.9 Å². The number of phenolic OH excluding ortho intramolecular Hbond substituents is 1. The maximum atomic E-state index is 12.7. The number of ether oxygens (including phenoxy) is 2. The lowest BCUT2D eigenvalue weighted by atomic mass is 9.64. The summed E-state index contributed by atoms with van der Waals surface area (Å²) in [6, 6.07) is 3.30. The summed E-state index contributed by atoms with van der Waals surface area (Å²) in [4.78, 5) is 12.7. The summed E-state index contributed by atoms with van der Waals surface area (Å²) in [5.74, 6) is 0.238. The predicted octanol–water partition coefficient (Wildman–Crippen LogP) is 2.31. The molecule has 0 saturated carbocycles. The standard InChI is InChI=1S/C19H20O5/c1-9(2)23-18-19(3)16-11(10(8-20)6-14(16)22)7-12-13(21)4-5-15(24-18)17(12)19/h4-7,9,16,18,20-21H,8H2,1-3H3. The van der Waals surface area contributed by atoms with Crippen LogP contribution in [-0.4, -0.2) is 35.0 Å². The molecule has 0 amide bonds. The van der Waals surface area contributed by atoms with Gasteiger partial charge in [0.2, 0.25) is 6.29 Å².